The van der Waals surface area contributed by atoms with Crippen LogP contribution in [0.25, 0.3) is 5.69 Å². The molecule has 1 atom stereocenters. The molecular weight excluding hydrogens is 314 g/mol. The van der Waals surface area contributed by atoms with Crippen LogP contribution in [0.1, 0.15) is 32.4 Å². The van der Waals surface area contributed by atoms with Gasteiger partial charge in [0.25, 0.3) is 0 Å². The summed E-state index contributed by atoms with van der Waals surface area (Å²) in [6.45, 7) is 9.61. The van der Waals surface area contributed by atoms with Crippen molar-refractivity contribution in [2.24, 2.45) is 10.4 Å². The second-order valence-corrected chi connectivity index (χ2v) is 6.91. The average molecular weight is 341 g/mol. The summed E-state index contributed by atoms with van der Waals surface area (Å²) >= 11 is 0. The summed E-state index contributed by atoms with van der Waals surface area (Å²) in [5, 5.41) is 11.1. The van der Waals surface area contributed by atoms with E-state index in [9.17, 15) is 0 Å². The third kappa shape index (κ3) is 4.39. The van der Waals surface area contributed by atoms with Gasteiger partial charge in [0.05, 0.1) is 31.5 Å². The molecule has 6 nitrogen and oxygen atoms in total. The number of benzene rings is 1. The predicted molar refractivity (Wildman–Crippen MR) is 100 cm³/mol. The van der Waals surface area contributed by atoms with E-state index in [1.54, 1.807) is 6.20 Å². The Morgan fingerprint density at radius 3 is 2.88 bits per heavy atom. The lowest BCUT2D eigenvalue weighted by Crippen LogP contribution is -2.44. The summed E-state index contributed by atoms with van der Waals surface area (Å²) in [6.07, 6.45) is 3.74. The van der Waals surface area contributed by atoms with Crippen molar-refractivity contribution in [3.05, 3.63) is 48.3 Å². The van der Waals surface area contributed by atoms with E-state index in [0.717, 1.165) is 38.0 Å². The minimum atomic E-state index is 0.138. The van der Waals surface area contributed by atoms with Crippen molar-refractivity contribution in [2.45, 2.75) is 26.8 Å². The zero-order valence-electron chi connectivity index (χ0n) is 15.2. The van der Waals surface area contributed by atoms with E-state index >= 15 is 0 Å². The Bertz CT molecular complexity index is 706. The molecule has 0 saturated carbocycles. The monoisotopic (exact) mass is 341 g/mol. The molecule has 6 heteroatoms. The van der Waals surface area contributed by atoms with Gasteiger partial charge in [-0.3, -0.25) is 4.99 Å². The highest BCUT2D eigenvalue weighted by Gasteiger charge is 2.33. The van der Waals surface area contributed by atoms with Gasteiger partial charge in [0.15, 0.2) is 5.96 Å². The van der Waals surface area contributed by atoms with Crippen LogP contribution in [0.3, 0.4) is 0 Å². The number of hydrogen-bond acceptors (Lipinski definition) is 3. The summed E-state index contributed by atoms with van der Waals surface area (Å²) in [6, 6.07) is 10.4. The van der Waals surface area contributed by atoms with Gasteiger partial charge in [0, 0.05) is 24.4 Å². The van der Waals surface area contributed by atoms with Crippen LogP contribution >= 0.6 is 0 Å². The Balaban J connectivity index is 1.69. The maximum absolute atomic E-state index is 5.31. The highest BCUT2D eigenvalue weighted by atomic mass is 16.5. The van der Waals surface area contributed by atoms with Gasteiger partial charge in [0.1, 0.15) is 0 Å². The fourth-order valence-corrected chi connectivity index (χ4v) is 2.78. The molecule has 1 saturated heterocycles. The number of aromatic nitrogens is 2. The van der Waals surface area contributed by atoms with Crippen LogP contribution in [-0.4, -0.2) is 42.0 Å². The summed E-state index contributed by atoms with van der Waals surface area (Å²) in [5.74, 6) is 0.840. The van der Waals surface area contributed by atoms with Gasteiger partial charge < -0.3 is 15.4 Å². The number of ether oxygens (including phenoxy) is 1. The van der Waals surface area contributed by atoms with Crippen LogP contribution < -0.4 is 10.6 Å². The minimum absolute atomic E-state index is 0.138. The van der Waals surface area contributed by atoms with Crippen molar-refractivity contribution in [1.29, 1.82) is 0 Å². The molecule has 2 heterocycles. The molecule has 0 bridgehead atoms. The summed E-state index contributed by atoms with van der Waals surface area (Å²) in [5.41, 5.74) is 2.42. The van der Waals surface area contributed by atoms with Gasteiger partial charge in [0.2, 0.25) is 0 Å². The van der Waals surface area contributed by atoms with E-state index in [-0.39, 0.29) is 11.5 Å². The molecule has 1 aromatic carbocycles. The zero-order valence-corrected chi connectivity index (χ0v) is 15.2. The number of nitrogens with zero attached hydrogens (tertiary/aromatic N) is 3. The van der Waals surface area contributed by atoms with E-state index in [0.29, 0.717) is 0 Å². The number of nitrogens with one attached hydrogen (secondary N) is 2. The number of aliphatic imine (C=N–C) groups is 1. The Labute approximate surface area is 149 Å². The molecule has 0 radical (unpaired) electrons. The lowest BCUT2D eigenvalue weighted by atomic mass is 9.89. The van der Waals surface area contributed by atoms with E-state index in [2.05, 4.69) is 60.8 Å². The van der Waals surface area contributed by atoms with Crippen LogP contribution in [0.2, 0.25) is 0 Å². The molecule has 0 spiro atoms. The van der Waals surface area contributed by atoms with E-state index in [4.69, 9.17) is 9.73 Å². The van der Waals surface area contributed by atoms with Crippen molar-refractivity contribution >= 4 is 5.96 Å². The quantitative estimate of drug-likeness (QED) is 0.626. The van der Waals surface area contributed by atoms with Gasteiger partial charge in [-0.1, -0.05) is 19.1 Å². The van der Waals surface area contributed by atoms with Crippen molar-refractivity contribution < 1.29 is 4.74 Å². The van der Waals surface area contributed by atoms with Crippen LogP contribution in [0.5, 0.6) is 0 Å². The highest BCUT2D eigenvalue weighted by molar-refractivity contribution is 5.80. The normalized spacial score (nSPS) is 17.6. The maximum Gasteiger partial charge on any atom is 0.191 e. The smallest absolute Gasteiger partial charge is 0.191 e. The van der Waals surface area contributed by atoms with Crippen LogP contribution in [0.15, 0.2) is 47.7 Å². The molecule has 1 unspecified atom stereocenters. The van der Waals surface area contributed by atoms with Crippen molar-refractivity contribution in [1.82, 2.24) is 20.4 Å². The van der Waals surface area contributed by atoms with Crippen LogP contribution in [0.4, 0.5) is 0 Å². The molecule has 1 aromatic heterocycles. The fourth-order valence-electron chi connectivity index (χ4n) is 2.78. The zero-order chi connectivity index (χ0) is 17.7. The van der Waals surface area contributed by atoms with Gasteiger partial charge in [-0.15, -0.1) is 0 Å². The molecule has 25 heavy (non-hydrogen) atoms. The first-order chi connectivity index (χ1) is 12.1. The molecule has 1 fully saturated rings. The van der Waals surface area contributed by atoms with E-state index in [1.165, 1.54) is 5.56 Å². The largest absolute Gasteiger partial charge is 0.380 e. The summed E-state index contributed by atoms with van der Waals surface area (Å²) in [4.78, 5) is 4.74. The van der Waals surface area contributed by atoms with Crippen LogP contribution in [-0.2, 0) is 4.74 Å². The molecule has 134 valence electrons. The topological polar surface area (TPSA) is 63.5 Å². The Hall–Kier alpha value is -2.34. The predicted octanol–water partition coefficient (Wildman–Crippen LogP) is 2.52. The van der Waals surface area contributed by atoms with Crippen molar-refractivity contribution in [3.8, 4) is 5.69 Å². The summed E-state index contributed by atoms with van der Waals surface area (Å²) in [7, 11) is 0. The maximum atomic E-state index is 5.31. The second kappa shape index (κ2) is 7.70. The lowest BCUT2D eigenvalue weighted by Gasteiger charge is -2.36. The first-order valence-corrected chi connectivity index (χ1v) is 8.82. The highest BCUT2D eigenvalue weighted by Crippen LogP contribution is 2.26. The minimum Gasteiger partial charge on any atom is -0.380 e. The Morgan fingerprint density at radius 2 is 2.24 bits per heavy atom. The fraction of sp³-hybridized carbons (Fsp3) is 0.474. The molecule has 0 amide bonds. The molecular formula is C19H27N5O. The molecule has 2 aromatic rings. The lowest BCUT2D eigenvalue weighted by molar-refractivity contribution is -0.0945. The SMILES string of the molecule is CCNC(=NCC1(C)COC1)NC(C)c1cccc(-n2cccn2)c1. The third-order valence-electron chi connectivity index (χ3n) is 4.36. The van der Waals surface area contributed by atoms with Crippen molar-refractivity contribution in [2.75, 3.05) is 26.3 Å². The number of hydrogen-bond donors (Lipinski definition) is 2. The van der Waals surface area contributed by atoms with Gasteiger partial charge in [-0.2, -0.15) is 5.10 Å². The number of rotatable bonds is 6. The first kappa shape index (κ1) is 17.5. The molecule has 3 rings (SSSR count). The Morgan fingerprint density at radius 1 is 1.40 bits per heavy atom. The summed E-state index contributed by atoms with van der Waals surface area (Å²) < 4.78 is 7.18. The molecule has 1 aliphatic rings. The molecule has 2 N–H and O–H groups in total. The second-order valence-electron chi connectivity index (χ2n) is 6.91. The van der Waals surface area contributed by atoms with E-state index < -0.39 is 0 Å². The molecule has 1 aliphatic heterocycles. The third-order valence-corrected chi connectivity index (χ3v) is 4.36. The van der Waals surface area contributed by atoms with Gasteiger partial charge in [-0.25, -0.2) is 4.68 Å². The van der Waals surface area contributed by atoms with Crippen LogP contribution in [0, 0.1) is 5.41 Å². The Kier molecular flexibility index (Phi) is 5.38. The van der Waals surface area contributed by atoms with Gasteiger partial charge in [-0.05, 0) is 37.6 Å². The first-order valence-electron chi connectivity index (χ1n) is 8.82. The average Bonchev–Trinajstić information content (AvgIpc) is 3.13. The number of guanidine groups is 1. The standard InChI is InChI=1S/C19H27N5O/c1-4-20-18(21-12-19(3)13-25-14-19)23-15(2)16-7-5-8-17(11-16)24-10-6-9-22-24/h5-11,15H,4,12-14H2,1-3H3,(H2,20,21,23). The van der Waals surface area contributed by atoms with Crippen molar-refractivity contribution in [3.63, 3.8) is 0 Å². The van der Waals surface area contributed by atoms with E-state index in [1.807, 2.05) is 16.9 Å². The molecule has 0 aliphatic carbocycles. The van der Waals surface area contributed by atoms with Gasteiger partial charge >= 0.3 is 0 Å².